The molecular formula is C19H26BNO4S. The fraction of sp³-hybridized carbons (Fsp3) is 0.474. The number of nitrogens with one attached hydrogen (secondary N) is 1. The van der Waals surface area contributed by atoms with Crippen LogP contribution in [0.25, 0.3) is 6.08 Å². The van der Waals surface area contributed by atoms with Crippen LogP contribution in [0.5, 0.6) is 0 Å². The molecule has 140 valence electrons. The van der Waals surface area contributed by atoms with Crippen LogP contribution in [0.1, 0.15) is 47.1 Å². The van der Waals surface area contributed by atoms with Gasteiger partial charge in [-0.2, -0.15) is 0 Å². The molecule has 1 aliphatic heterocycles. The second-order valence-corrected chi connectivity index (χ2v) is 8.55. The van der Waals surface area contributed by atoms with Crippen LogP contribution in [0.2, 0.25) is 0 Å². The van der Waals surface area contributed by atoms with Gasteiger partial charge in [-0.05, 0) is 50.9 Å². The van der Waals surface area contributed by atoms with Crippen molar-refractivity contribution in [2.24, 2.45) is 0 Å². The molecule has 0 saturated carbocycles. The third kappa shape index (κ3) is 5.22. The van der Waals surface area contributed by atoms with Gasteiger partial charge < -0.3 is 14.6 Å². The fourth-order valence-electron chi connectivity index (χ4n) is 2.48. The van der Waals surface area contributed by atoms with Crippen molar-refractivity contribution in [1.29, 1.82) is 0 Å². The molecule has 1 N–H and O–H groups in total. The zero-order valence-corrected chi connectivity index (χ0v) is 17.0. The van der Waals surface area contributed by atoms with E-state index in [-0.39, 0.29) is 11.0 Å². The minimum atomic E-state index is -0.517. The molecule has 0 radical (unpaired) electrons. The average molecular weight is 375 g/mol. The molecule has 0 spiro atoms. The number of hydrogen-bond acceptors (Lipinski definition) is 5. The number of carbonyl (C=O) groups is 2. The first-order chi connectivity index (χ1) is 12.0. The van der Waals surface area contributed by atoms with Gasteiger partial charge in [-0.25, -0.2) is 0 Å². The number of amides is 1. The monoisotopic (exact) mass is 375 g/mol. The Morgan fingerprint density at radius 2 is 1.77 bits per heavy atom. The summed E-state index contributed by atoms with van der Waals surface area (Å²) in [6, 6.07) is 7.52. The van der Waals surface area contributed by atoms with Crippen LogP contribution in [-0.4, -0.2) is 35.1 Å². The lowest BCUT2D eigenvalue weighted by Gasteiger charge is -2.32. The van der Waals surface area contributed by atoms with Crippen LogP contribution in [0.15, 0.2) is 29.7 Å². The van der Waals surface area contributed by atoms with E-state index in [1.165, 1.54) is 18.7 Å². The summed E-state index contributed by atoms with van der Waals surface area (Å²) in [6.45, 7) is 11.0. The number of carbonyl (C=O) groups excluding carboxylic acids is 2. The predicted molar refractivity (Wildman–Crippen MR) is 108 cm³/mol. The summed E-state index contributed by atoms with van der Waals surface area (Å²) in [7, 11) is -0.517. The Balaban J connectivity index is 2.31. The highest BCUT2D eigenvalue weighted by Crippen LogP contribution is 2.39. The Bertz CT molecular complexity index is 714. The van der Waals surface area contributed by atoms with Gasteiger partial charge in [0.05, 0.1) is 11.2 Å². The van der Waals surface area contributed by atoms with E-state index in [1.54, 1.807) is 6.92 Å². The van der Waals surface area contributed by atoms with E-state index in [9.17, 15) is 9.59 Å². The number of hydrogen-bond donors (Lipinski definition) is 1. The third-order valence-corrected chi connectivity index (χ3v) is 5.44. The summed E-state index contributed by atoms with van der Waals surface area (Å²) in [5.41, 5.74) is 1.61. The lowest BCUT2D eigenvalue weighted by Crippen LogP contribution is -2.41. The SMILES string of the molecule is CC(=O)Nc1cccc(C=C(CSC(C)=O)B2OC(C)(C)C(C)(C)O2)c1. The highest BCUT2D eigenvalue weighted by Gasteiger charge is 2.52. The van der Waals surface area contributed by atoms with Crippen molar-refractivity contribution in [2.75, 3.05) is 11.1 Å². The van der Waals surface area contributed by atoms with Crippen molar-refractivity contribution in [3.63, 3.8) is 0 Å². The van der Waals surface area contributed by atoms with Crippen LogP contribution in [0.3, 0.4) is 0 Å². The first-order valence-corrected chi connectivity index (χ1v) is 9.56. The van der Waals surface area contributed by atoms with Crippen LogP contribution < -0.4 is 5.32 Å². The van der Waals surface area contributed by atoms with E-state index in [1.807, 2.05) is 58.0 Å². The van der Waals surface area contributed by atoms with Gasteiger partial charge in [0.25, 0.3) is 0 Å². The zero-order valence-electron chi connectivity index (χ0n) is 16.2. The van der Waals surface area contributed by atoms with E-state index in [4.69, 9.17) is 9.31 Å². The molecule has 1 aromatic carbocycles. The van der Waals surface area contributed by atoms with E-state index in [0.717, 1.165) is 16.7 Å². The molecule has 0 bridgehead atoms. The summed E-state index contributed by atoms with van der Waals surface area (Å²) in [6.07, 6.45) is 1.96. The molecule has 7 heteroatoms. The van der Waals surface area contributed by atoms with Gasteiger partial charge in [0.15, 0.2) is 5.12 Å². The maximum absolute atomic E-state index is 11.5. The molecule has 2 rings (SSSR count). The zero-order chi connectivity index (χ0) is 19.5. The minimum absolute atomic E-state index is 0.0411. The Hall–Kier alpha value is -1.57. The second-order valence-electron chi connectivity index (χ2n) is 7.39. The van der Waals surface area contributed by atoms with Gasteiger partial charge in [-0.15, -0.1) is 0 Å². The summed E-state index contributed by atoms with van der Waals surface area (Å²) >= 11 is 1.22. The third-order valence-electron chi connectivity index (χ3n) is 4.56. The summed E-state index contributed by atoms with van der Waals surface area (Å²) in [4.78, 5) is 22.7. The van der Waals surface area contributed by atoms with Crippen molar-refractivity contribution >= 4 is 41.7 Å². The maximum Gasteiger partial charge on any atom is 0.491 e. The second kappa shape index (κ2) is 7.98. The summed E-state index contributed by atoms with van der Waals surface area (Å²) in [5.74, 6) is 0.362. The molecule has 1 heterocycles. The van der Waals surface area contributed by atoms with Crippen LogP contribution in [0.4, 0.5) is 5.69 Å². The molecule has 1 aliphatic rings. The van der Waals surface area contributed by atoms with Crippen molar-refractivity contribution in [3.8, 4) is 0 Å². The van der Waals surface area contributed by atoms with Crippen molar-refractivity contribution in [2.45, 2.75) is 52.7 Å². The molecule has 0 unspecified atom stereocenters. The molecule has 26 heavy (non-hydrogen) atoms. The van der Waals surface area contributed by atoms with E-state index in [0.29, 0.717) is 5.75 Å². The van der Waals surface area contributed by atoms with Gasteiger partial charge in [0.2, 0.25) is 5.91 Å². The van der Waals surface area contributed by atoms with Gasteiger partial charge in [0, 0.05) is 25.3 Å². The quantitative estimate of drug-likeness (QED) is 0.790. The average Bonchev–Trinajstić information content (AvgIpc) is 2.71. The van der Waals surface area contributed by atoms with Crippen molar-refractivity contribution in [3.05, 3.63) is 35.3 Å². The molecule has 0 aromatic heterocycles. The van der Waals surface area contributed by atoms with Crippen molar-refractivity contribution in [1.82, 2.24) is 0 Å². The van der Waals surface area contributed by atoms with Gasteiger partial charge in [0.1, 0.15) is 0 Å². The molecule has 0 aliphatic carbocycles. The highest BCUT2D eigenvalue weighted by atomic mass is 32.2. The maximum atomic E-state index is 11.5. The van der Waals surface area contributed by atoms with Crippen LogP contribution in [-0.2, 0) is 18.9 Å². The van der Waals surface area contributed by atoms with Crippen LogP contribution >= 0.6 is 11.8 Å². The first kappa shape index (κ1) is 20.7. The normalized spacial score (nSPS) is 18.7. The topological polar surface area (TPSA) is 64.6 Å². The van der Waals surface area contributed by atoms with Gasteiger partial charge in [-0.3, -0.25) is 9.59 Å². The largest absolute Gasteiger partial charge is 0.491 e. The fourth-order valence-corrected chi connectivity index (χ4v) is 3.07. The number of benzene rings is 1. The lowest BCUT2D eigenvalue weighted by atomic mass is 9.78. The number of thioether (sulfide) groups is 1. The predicted octanol–water partition coefficient (Wildman–Crippen LogP) is 3.94. The van der Waals surface area contributed by atoms with Crippen molar-refractivity contribution < 1.29 is 18.9 Å². The van der Waals surface area contributed by atoms with E-state index >= 15 is 0 Å². The van der Waals surface area contributed by atoms with Gasteiger partial charge >= 0.3 is 7.12 Å². The molecule has 1 fully saturated rings. The highest BCUT2D eigenvalue weighted by molar-refractivity contribution is 8.13. The van der Waals surface area contributed by atoms with Crippen LogP contribution in [0, 0.1) is 0 Å². The van der Waals surface area contributed by atoms with Gasteiger partial charge in [-0.1, -0.05) is 30.0 Å². The molecular weight excluding hydrogens is 349 g/mol. The summed E-state index contributed by atoms with van der Waals surface area (Å²) in [5, 5.41) is 2.82. The Labute approximate surface area is 160 Å². The lowest BCUT2D eigenvalue weighted by molar-refractivity contribution is -0.114. The van der Waals surface area contributed by atoms with E-state index in [2.05, 4.69) is 5.32 Å². The molecule has 5 nitrogen and oxygen atoms in total. The molecule has 1 amide bonds. The number of rotatable bonds is 5. The molecule has 1 aromatic rings. The first-order valence-electron chi connectivity index (χ1n) is 8.57. The Kier molecular flexibility index (Phi) is 6.37. The summed E-state index contributed by atoms with van der Waals surface area (Å²) < 4.78 is 12.3. The number of anilines is 1. The Morgan fingerprint density at radius 1 is 1.15 bits per heavy atom. The molecule has 1 saturated heterocycles. The Morgan fingerprint density at radius 3 is 2.31 bits per heavy atom. The van der Waals surface area contributed by atoms with E-state index < -0.39 is 18.3 Å². The molecule has 0 atom stereocenters. The minimum Gasteiger partial charge on any atom is -0.400 e. The smallest absolute Gasteiger partial charge is 0.400 e. The standard InChI is InChI=1S/C19H26BNO4S/c1-13(22)21-17-9-7-8-15(11-17)10-16(12-26-14(2)23)20-24-18(3,4)19(5,6)25-20/h7-11H,12H2,1-6H3,(H,21,22).